The molecule has 96 valence electrons. The highest BCUT2D eigenvalue weighted by molar-refractivity contribution is 5.00. The van der Waals surface area contributed by atoms with Crippen molar-refractivity contribution in [1.29, 1.82) is 0 Å². The van der Waals surface area contributed by atoms with E-state index in [1.54, 1.807) is 6.26 Å². The number of hydrogen-bond acceptors (Lipinski definition) is 3. The van der Waals surface area contributed by atoms with Gasteiger partial charge in [-0.15, -0.1) is 0 Å². The smallest absolute Gasteiger partial charge is 0.105 e. The van der Waals surface area contributed by atoms with Crippen molar-refractivity contribution < 1.29 is 9.52 Å². The van der Waals surface area contributed by atoms with Gasteiger partial charge in [0.2, 0.25) is 0 Å². The zero-order valence-electron chi connectivity index (χ0n) is 10.6. The summed E-state index contributed by atoms with van der Waals surface area (Å²) >= 11 is 0. The van der Waals surface area contributed by atoms with Gasteiger partial charge in [0, 0.05) is 19.0 Å². The minimum atomic E-state index is -0.477. The fourth-order valence-electron chi connectivity index (χ4n) is 2.55. The van der Waals surface area contributed by atoms with Crippen LogP contribution in [0.4, 0.5) is 0 Å². The summed E-state index contributed by atoms with van der Waals surface area (Å²) in [5.74, 6) is 1.00. The zero-order chi connectivity index (χ0) is 12.1. The molecule has 0 aliphatic heterocycles. The Morgan fingerprint density at radius 1 is 1.41 bits per heavy atom. The van der Waals surface area contributed by atoms with Crippen LogP contribution >= 0.6 is 0 Å². The average molecular weight is 237 g/mol. The molecule has 1 atom stereocenters. The van der Waals surface area contributed by atoms with Crippen molar-refractivity contribution in [2.24, 2.45) is 0 Å². The molecular formula is C14H23NO2. The zero-order valence-corrected chi connectivity index (χ0v) is 10.6. The molecule has 0 bridgehead atoms. The lowest BCUT2D eigenvalue weighted by molar-refractivity contribution is 0.00295. The fraction of sp³-hybridized carbons (Fsp3) is 0.714. The van der Waals surface area contributed by atoms with Crippen LogP contribution in [0.2, 0.25) is 0 Å². The molecule has 1 aromatic rings. The Labute approximate surface area is 103 Å². The molecule has 2 rings (SSSR count). The monoisotopic (exact) mass is 237 g/mol. The minimum Gasteiger partial charge on any atom is -0.469 e. The SMILES string of the molecule is CC(Cc1ccco1)NCC1(O)CCCCC1. The van der Waals surface area contributed by atoms with Gasteiger partial charge in [0.05, 0.1) is 11.9 Å². The first kappa shape index (κ1) is 12.7. The predicted octanol–water partition coefficient (Wildman–Crippen LogP) is 2.50. The number of furan rings is 1. The summed E-state index contributed by atoms with van der Waals surface area (Å²) in [6, 6.07) is 4.25. The molecule has 0 amide bonds. The molecule has 3 nitrogen and oxygen atoms in total. The third-order valence-electron chi connectivity index (χ3n) is 3.65. The molecule has 1 saturated carbocycles. The third-order valence-corrected chi connectivity index (χ3v) is 3.65. The van der Waals surface area contributed by atoms with E-state index >= 15 is 0 Å². The van der Waals surface area contributed by atoms with Crippen LogP contribution in [-0.2, 0) is 6.42 Å². The maximum Gasteiger partial charge on any atom is 0.105 e. The topological polar surface area (TPSA) is 45.4 Å². The summed E-state index contributed by atoms with van der Waals surface area (Å²) in [5.41, 5.74) is -0.477. The molecule has 1 unspecified atom stereocenters. The van der Waals surface area contributed by atoms with Gasteiger partial charge in [0.1, 0.15) is 5.76 Å². The van der Waals surface area contributed by atoms with E-state index in [9.17, 15) is 5.11 Å². The van der Waals surface area contributed by atoms with Gasteiger partial charge in [0.15, 0.2) is 0 Å². The molecular weight excluding hydrogens is 214 g/mol. The number of nitrogens with one attached hydrogen (secondary N) is 1. The first-order valence-corrected chi connectivity index (χ1v) is 6.66. The van der Waals surface area contributed by atoms with Crippen molar-refractivity contribution in [3.8, 4) is 0 Å². The Hall–Kier alpha value is -0.800. The Kier molecular flexibility index (Phi) is 4.24. The molecule has 0 saturated heterocycles. The summed E-state index contributed by atoms with van der Waals surface area (Å²) < 4.78 is 5.32. The van der Waals surface area contributed by atoms with Crippen molar-refractivity contribution in [2.75, 3.05) is 6.54 Å². The van der Waals surface area contributed by atoms with Crippen LogP contribution in [0.5, 0.6) is 0 Å². The lowest BCUT2D eigenvalue weighted by atomic mass is 9.84. The molecule has 1 aromatic heterocycles. The van der Waals surface area contributed by atoms with E-state index in [0.717, 1.165) is 37.9 Å². The van der Waals surface area contributed by atoms with Crippen LogP contribution in [0.3, 0.4) is 0 Å². The van der Waals surface area contributed by atoms with Crippen molar-refractivity contribution in [2.45, 2.75) is 57.1 Å². The maximum atomic E-state index is 10.4. The molecule has 2 N–H and O–H groups in total. The Bertz CT molecular complexity index is 315. The summed E-state index contributed by atoms with van der Waals surface area (Å²) in [4.78, 5) is 0. The van der Waals surface area contributed by atoms with Gasteiger partial charge in [-0.05, 0) is 31.9 Å². The minimum absolute atomic E-state index is 0.340. The first-order valence-electron chi connectivity index (χ1n) is 6.66. The fourth-order valence-corrected chi connectivity index (χ4v) is 2.55. The van der Waals surface area contributed by atoms with Gasteiger partial charge in [-0.1, -0.05) is 19.3 Å². The Morgan fingerprint density at radius 2 is 2.18 bits per heavy atom. The third kappa shape index (κ3) is 3.86. The number of hydrogen-bond donors (Lipinski definition) is 2. The lowest BCUT2D eigenvalue weighted by Gasteiger charge is -2.33. The van der Waals surface area contributed by atoms with Gasteiger partial charge in [-0.2, -0.15) is 0 Å². The van der Waals surface area contributed by atoms with Gasteiger partial charge >= 0.3 is 0 Å². The normalized spacial score (nSPS) is 21.3. The Balaban J connectivity index is 1.73. The second-order valence-electron chi connectivity index (χ2n) is 5.35. The van der Waals surface area contributed by atoms with Crippen LogP contribution in [0.25, 0.3) is 0 Å². The quantitative estimate of drug-likeness (QED) is 0.827. The van der Waals surface area contributed by atoms with Gasteiger partial charge in [-0.3, -0.25) is 0 Å². The van der Waals surface area contributed by atoms with Crippen LogP contribution < -0.4 is 5.32 Å². The highest BCUT2D eigenvalue weighted by Gasteiger charge is 2.29. The molecule has 0 aromatic carbocycles. The molecule has 0 spiro atoms. The van der Waals surface area contributed by atoms with Gasteiger partial charge in [-0.25, -0.2) is 0 Å². The molecule has 17 heavy (non-hydrogen) atoms. The van der Waals surface area contributed by atoms with E-state index in [0.29, 0.717) is 12.6 Å². The van der Waals surface area contributed by atoms with Crippen molar-refractivity contribution in [3.05, 3.63) is 24.2 Å². The first-order chi connectivity index (χ1) is 8.18. The van der Waals surface area contributed by atoms with E-state index in [2.05, 4.69) is 12.2 Å². The number of aliphatic hydroxyl groups is 1. The van der Waals surface area contributed by atoms with Crippen molar-refractivity contribution >= 4 is 0 Å². The molecule has 3 heteroatoms. The van der Waals surface area contributed by atoms with E-state index in [4.69, 9.17) is 4.42 Å². The molecule has 1 aliphatic rings. The van der Waals surface area contributed by atoms with E-state index in [1.807, 2.05) is 12.1 Å². The van der Waals surface area contributed by atoms with E-state index in [1.165, 1.54) is 6.42 Å². The van der Waals surface area contributed by atoms with Crippen LogP contribution in [-0.4, -0.2) is 23.3 Å². The van der Waals surface area contributed by atoms with Gasteiger partial charge in [0.25, 0.3) is 0 Å². The second-order valence-corrected chi connectivity index (χ2v) is 5.35. The molecule has 1 heterocycles. The van der Waals surface area contributed by atoms with E-state index in [-0.39, 0.29) is 0 Å². The van der Waals surface area contributed by atoms with Crippen molar-refractivity contribution in [3.63, 3.8) is 0 Å². The number of rotatable bonds is 5. The summed E-state index contributed by atoms with van der Waals surface area (Å²) in [5, 5.41) is 13.8. The standard InChI is InChI=1S/C14H23NO2/c1-12(10-13-6-5-9-17-13)15-11-14(16)7-3-2-4-8-14/h5-6,9,12,15-16H,2-4,7-8,10-11H2,1H3. The summed E-state index contributed by atoms with van der Waals surface area (Å²) in [6.45, 7) is 2.84. The lowest BCUT2D eigenvalue weighted by Crippen LogP contribution is -2.45. The van der Waals surface area contributed by atoms with Gasteiger partial charge < -0.3 is 14.8 Å². The average Bonchev–Trinajstić information content (AvgIpc) is 2.80. The van der Waals surface area contributed by atoms with E-state index < -0.39 is 5.60 Å². The maximum absolute atomic E-state index is 10.4. The predicted molar refractivity (Wildman–Crippen MR) is 67.9 cm³/mol. The Morgan fingerprint density at radius 3 is 2.82 bits per heavy atom. The van der Waals surface area contributed by atoms with Crippen LogP contribution in [0.1, 0.15) is 44.8 Å². The second kappa shape index (κ2) is 5.69. The molecule has 0 radical (unpaired) electrons. The van der Waals surface area contributed by atoms with Crippen LogP contribution in [0.15, 0.2) is 22.8 Å². The largest absolute Gasteiger partial charge is 0.469 e. The summed E-state index contributed by atoms with van der Waals surface area (Å²) in [6.07, 6.45) is 8.04. The highest BCUT2D eigenvalue weighted by atomic mass is 16.3. The summed E-state index contributed by atoms with van der Waals surface area (Å²) in [7, 11) is 0. The highest BCUT2D eigenvalue weighted by Crippen LogP contribution is 2.27. The van der Waals surface area contributed by atoms with Crippen molar-refractivity contribution in [1.82, 2.24) is 5.32 Å². The van der Waals surface area contributed by atoms with Crippen LogP contribution in [0, 0.1) is 0 Å². The molecule has 1 aliphatic carbocycles. The molecule has 1 fully saturated rings.